The van der Waals surface area contributed by atoms with Crippen molar-refractivity contribution in [3.63, 3.8) is 0 Å². The second-order valence-electron chi connectivity index (χ2n) is 7.10. The number of fused-ring (bicyclic) bond motifs is 1. The van der Waals surface area contributed by atoms with E-state index >= 15 is 0 Å². The van der Waals surface area contributed by atoms with Crippen LogP contribution in [0.25, 0.3) is 0 Å². The topological polar surface area (TPSA) is 52.6 Å². The standard InChI is InChI=1S/C20H28O4S2/c1-5-23-20(25)26-18-9-8-15-11-17(24-14(4)22)16(19(15)18)10-12(2)6-7-13(3)21/h15,17-19H,5-9,11H2,1-4H3/t10?,15-,17-,18?,19-/m0/s1. The van der Waals surface area contributed by atoms with Crippen molar-refractivity contribution in [2.75, 3.05) is 6.61 Å². The second-order valence-corrected chi connectivity index (χ2v) is 8.94. The van der Waals surface area contributed by atoms with Gasteiger partial charge < -0.3 is 14.3 Å². The Morgan fingerprint density at radius 3 is 2.58 bits per heavy atom. The van der Waals surface area contributed by atoms with Crippen LogP contribution in [-0.2, 0) is 19.1 Å². The lowest BCUT2D eigenvalue weighted by atomic mass is 9.96. The molecule has 2 rings (SSSR count). The fourth-order valence-corrected chi connectivity index (χ4v) is 5.62. The van der Waals surface area contributed by atoms with E-state index in [0.717, 1.165) is 30.4 Å². The molecule has 0 bridgehead atoms. The van der Waals surface area contributed by atoms with Crippen LogP contribution in [0, 0.1) is 11.8 Å². The Morgan fingerprint density at radius 1 is 1.23 bits per heavy atom. The highest BCUT2D eigenvalue weighted by Gasteiger charge is 2.49. The molecule has 0 aromatic heterocycles. The third kappa shape index (κ3) is 5.70. The van der Waals surface area contributed by atoms with Crippen molar-refractivity contribution in [1.82, 2.24) is 0 Å². The first-order valence-corrected chi connectivity index (χ1v) is 10.6. The Morgan fingerprint density at radius 2 is 1.96 bits per heavy atom. The first-order chi connectivity index (χ1) is 12.3. The van der Waals surface area contributed by atoms with Crippen LogP contribution in [-0.4, -0.2) is 34.1 Å². The van der Waals surface area contributed by atoms with Gasteiger partial charge in [-0.3, -0.25) is 4.79 Å². The predicted molar refractivity (Wildman–Crippen MR) is 108 cm³/mol. The SMILES string of the molecule is CCOC(=S)SC1CC[C@H]2C[C@H](OC(C)=O)C(=C=C(C)CCC(C)=O)[C@@H]12. The summed E-state index contributed by atoms with van der Waals surface area (Å²) in [7, 11) is 0. The summed E-state index contributed by atoms with van der Waals surface area (Å²) in [5.74, 6) is 0.706. The number of hydrogen-bond acceptors (Lipinski definition) is 6. The number of thiocarbonyl (C=S) groups is 1. The van der Waals surface area contributed by atoms with Crippen LogP contribution < -0.4 is 0 Å². The third-order valence-corrected chi connectivity index (χ3v) is 6.53. The van der Waals surface area contributed by atoms with Gasteiger partial charge in [0.1, 0.15) is 11.9 Å². The van der Waals surface area contributed by atoms with Crippen LogP contribution in [0.15, 0.2) is 16.9 Å². The fraction of sp³-hybridized carbons (Fsp3) is 0.700. The minimum atomic E-state index is -0.260. The molecule has 0 N–H and O–H groups in total. The zero-order chi connectivity index (χ0) is 19.3. The first-order valence-electron chi connectivity index (χ1n) is 9.28. The summed E-state index contributed by atoms with van der Waals surface area (Å²) in [4.78, 5) is 22.8. The van der Waals surface area contributed by atoms with Crippen LogP contribution in [0.5, 0.6) is 0 Å². The van der Waals surface area contributed by atoms with E-state index in [2.05, 4.69) is 5.73 Å². The van der Waals surface area contributed by atoms with Gasteiger partial charge in [0.15, 0.2) is 0 Å². The first kappa shape index (κ1) is 21.2. The molecule has 4 nitrogen and oxygen atoms in total. The number of esters is 1. The number of hydrogen-bond donors (Lipinski definition) is 0. The number of ketones is 1. The molecule has 0 amide bonds. The summed E-state index contributed by atoms with van der Waals surface area (Å²) in [6.45, 7) is 7.56. The van der Waals surface area contributed by atoms with E-state index in [1.165, 1.54) is 6.92 Å². The van der Waals surface area contributed by atoms with Crippen LogP contribution in [0.3, 0.4) is 0 Å². The van der Waals surface area contributed by atoms with Crippen LogP contribution in [0.4, 0.5) is 0 Å². The lowest BCUT2D eigenvalue weighted by Crippen LogP contribution is -2.20. The fourth-order valence-electron chi connectivity index (χ4n) is 3.93. The van der Waals surface area contributed by atoms with E-state index < -0.39 is 0 Å². The molecule has 0 saturated heterocycles. The van der Waals surface area contributed by atoms with E-state index in [9.17, 15) is 9.59 Å². The van der Waals surface area contributed by atoms with Crippen molar-refractivity contribution in [3.05, 3.63) is 16.9 Å². The molecule has 0 aromatic rings. The molecule has 1 unspecified atom stereocenters. The largest absolute Gasteiger partial charge is 0.479 e. The molecule has 26 heavy (non-hydrogen) atoms. The summed E-state index contributed by atoms with van der Waals surface area (Å²) in [6, 6.07) is 0. The van der Waals surface area contributed by atoms with Crippen LogP contribution in [0.1, 0.15) is 59.8 Å². The highest BCUT2D eigenvalue weighted by Crippen LogP contribution is 2.52. The highest BCUT2D eigenvalue weighted by atomic mass is 32.2. The Hall–Kier alpha value is -1.10. The zero-order valence-electron chi connectivity index (χ0n) is 16.0. The average Bonchev–Trinajstić information content (AvgIpc) is 3.06. The van der Waals surface area contributed by atoms with Gasteiger partial charge in [0, 0.05) is 30.1 Å². The summed E-state index contributed by atoms with van der Waals surface area (Å²) in [6.07, 6.45) is 4.04. The Kier molecular flexibility index (Phi) is 7.93. The van der Waals surface area contributed by atoms with Crippen molar-refractivity contribution < 1.29 is 19.1 Å². The number of rotatable bonds is 6. The number of Topliss-reactive ketones (excluding diaryl/α,β-unsaturated/α-hetero) is 1. The van der Waals surface area contributed by atoms with Crippen molar-refractivity contribution in [2.24, 2.45) is 11.8 Å². The molecule has 0 radical (unpaired) electrons. The molecular weight excluding hydrogens is 368 g/mol. The van der Waals surface area contributed by atoms with Crippen LogP contribution >= 0.6 is 24.0 Å². The Bertz CT molecular complexity index is 634. The molecule has 2 aliphatic carbocycles. The maximum Gasteiger partial charge on any atom is 0.303 e. The van der Waals surface area contributed by atoms with Gasteiger partial charge in [-0.15, -0.1) is 5.73 Å². The van der Waals surface area contributed by atoms with E-state index in [-0.39, 0.29) is 17.9 Å². The van der Waals surface area contributed by atoms with Crippen molar-refractivity contribution in [3.8, 4) is 0 Å². The lowest BCUT2D eigenvalue weighted by Gasteiger charge is -2.21. The molecule has 2 fully saturated rings. The maximum absolute atomic E-state index is 11.5. The van der Waals surface area contributed by atoms with E-state index in [4.69, 9.17) is 21.7 Å². The lowest BCUT2D eigenvalue weighted by molar-refractivity contribution is -0.144. The Balaban J connectivity index is 2.27. The van der Waals surface area contributed by atoms with Gasteiger partial charge in [0.2, 0.25) is 4.38 Å². The Labute approximate surface area is 165 Å². The van der Waals surface area contributed by atoms with Gasteiger partial charge in [-0.25, -0.2) is 0 Å². The van der Waals surface area contributed by atoms with Gasteiger partial charge >= 0.3 is 5.97 Å². The normalized spacial score (nSPS) is 26.8. The monoisotopic (exact) mass is 396 g/mol. The molecule has 2 saturated carbocycles. The number of ether oxygens (including phenoxy) is 2. The third-order valence-electron chi connectivity index (χ3n) is 4.98. The zero-order valence-corrected chi connectivity index (χ0v) is 17.6. The molecule has 0 aromatic carbocycles. The van der Waals surface area contributed by atoms with Crippen molar-refractivity contribution in [1.29, 1.82) is 0 Å². The highest BCUT2D eigenvalue weighted by molar-refractivity contribution is 8.23. The van der Waals surface area contributed by atoms with Crippen molar-refractivity contribution in [2.45, 2.75) is 71.2 Å². The van der Waals surface area contributed by atoms with Gasteiger partial charge in [-0.05, 0) is 70.2 Å². The molecular formula is C20H28O4S2. The number of thioether (sulfide) groups is 1. The maximum atomic E-state index is 11.5. The van der Waals surface area contributed by atoms with Gasteiger partial charge in [0.05, 0.1) is 6.61 Å². The van der Waals surface area contributed by atoms with E-state index in [1.807, 2.05) is 13.8 Å². The van der Waals surface area contributed by atoms with E-state index in [0.29, 0.717) is 40.9 Å². The van der Waals surface area contributed by atoms with Gasteiger partial charge in [-0.2, -0.15) is 0 Å². The van der Waals surface area contributed by atoms with Crippen molar-refractivity contribution >= 4 is 40.1 Å². The minimum Gasteiger partial charge on any atom is -0.479 e. The molecule has 4 atom stereocenters. The number of carbonyl (C=O) groups excluding carboxylic acids is 2. The molecule has 6 heteroatoms. The van der Waals surface area contributed by atoms with E-state index in [1.54, 1.807) is 18.7 Å². The predicted octanol–water partition coefficient (Wildman–Crippen LogP) is 4.61. The summed E-state index contributed by atoms with van der Waals surface area (Å²) in [5.41, 5.74) is 5.61. The quantitative estimate of drug-likeness (QED) is 0.371. The summed E-state index contributed by atoms with van der Waals surface area (Å²) in [5, 5.41) is 0.336. The average molecular weight is 397 g/mol. The summed E-state index contributed by atoms with van der Waals surface area (Å²) < 4.78 is 11.6. The molecule has 2 aliphatic rings. The number of carbonyl (C=O) groups is 2. The summed E-state index contributed by atoms with van der Waals surface area (Å²) >= 11 is 6.95. The molecule has 144 valence electrons. The molecule has 0 spiro atoms. The van der Waals surface area contributed by atoms with Crippen LogP contribution in [0.2, 0.25) is 0 Å². The molecule has 0 heterocycles. The second kappa shape index (κ2) is 9.72. The van der Waals surface area contributed by atoms with Gasteiger partial charge in [0.25, 0.3) is 0 Å². The van der Waals surface area contributed by atoms with Gasteiger partial charge in [-0.1, -0.05) is 11.8 Å². The smallest absolute Gasteiger partial charge is 0.303 e. The minimum absolute atomic E-state index is 0.174. The molecule has 0 aliphatic heterocycles.